The molecule has 144 valence electrons. The van der Waals surface area contributed by atoms with Crippen molar-refractivity contribution in [2.45, 2.75) is 52.5 Å². The molecule has 1 aliphatic heterocycles. The number of aromatic nitrogens is 4. The Morgan fingerprint density at radius 2 is 1.81 bits per heavy atom. The first-order chi connectivity index (χ1) is 13.1. The standard InChI is InChI=1S/C20H28N6O/c1-15-13-16(2)26(23-15)8-7-20(27)25-11-9-24(10-12-25)19-14-17-5-3-4-6-18(17)21-22-19/h13-14H,3-12H2,1-2H3. The molecule has 7 heteroatoms. The van der Waals surface area contributed by atoms with Gasteiger partial charge in [0.05, 0.1) is 11.4 Å². The lowest BCUT2D eigenvalue weighted by Crippen LogP contribution is -2.49. The van der Waals surface area contributed by atoms with Crippen molar-refractivity contribution in [3.8, 4) is 0 Å². The number of rotatable bonds is 4. The van der Waals surface area contributed by atoms with Gasteiger partial charge < -0.3 is 9.80 Å². The highest BCUT2D eigenvalue weighted by Crippen LogP contribution is 2.23. The van der Waals surface area contributed by atoms with Crippen molar-refractivity contribution in [2.24, 2.45) is 0 Å². The molecule has 0 N–H and O–H groups in total. The van der Waals surface area contributed by atoms with E-state index in [1.54, 1.807) is 0 Å². The molecule has 3 heterocycles. The van der Waals surface area contributed by atoms with Crippen LogP contribution in [0, 0.1) is 13.8 Å². The lowest BCUT2D eigenvalue weighted by molar-refractivity contribution is -0.131. The third-order valence-corrected chi connectivity index (χ3v) is 5.65. The molecule has 0 radical (unpaired) electrons. The molecular formula is C20H28N6O. The Balaban J connectivity index is 1.30. The molecule has 7 nitrogen and oxygen atoms in total. The first-order valence-electron chi connectivity index (χ1n) is 9.99. The lowest BCUT2D eigenvalue weighted by Gasteiger charge is -2.35. The predicted molar refractivity (Wildman–Crippen MR) is 104 cm³/mol. The number of nitrogens with zero attached hydrogens (tertiary/aromatic N) is 6. The molecule has 0 spiro atoms. The molecule has 0 aromatic carbocycles. The number of carbonyl (C=O) groups is 1. The fourth-order valence-corrected chi connectivity index (χ4v) is 4.08. The molecule has 2 aliphatic rings. The van der Waals surface area contributed by atoms with Gasteiger partial charge in [-0.05, 0) is 57.2 Å². The van der Waals surface area contributed by atoms with Gasteiger partial charge in [0.1, 0.15) is 0 Å². The number of piperazine rings is 1. The third-order valence-electron chi connectivity index (χ3n) is 5.65. The van der Waals surface area contributed by atoms with E-state index in [1.807, 2.05) is 29.5 Å². The van der Waals surface area contributed by atoms with Crippen molar-refractivity contribution in [1.29, 1.82) is 0 Å². The van der Waals surface area contributed by atoms with Crippen LogP contribution in [0.4, 0.5) is 5.82 Å². The third kappa shape index (κ3) is 3.96. The Morgan fingerprint density at radius 1 is 1.04 bits per heavy atom. The summed E-state index contributed by atoms with van der Waals surface area (Å²) < 4.78 is 1.92. The second kappa shape index (κ2) is 7.66. The summed E-state index contributed by atoms with van der Waals surface area (Å²) >= 11 is 0. The molecule has 0 atom stereocenters. The molecule has 1 saturated heterocycles. The highest BCUT2D eigenvalue weighted by molar-refractivity contribution is 5.76. The molecule has 2 aromatic rings. The molecule has 0 unspecified atom stereocenters. The Labute approximate surface area is 160 Å². The summed E-state index contributed by atoms with van der Waals surface area (Å²) in [5.41, 5.74) is 4.63. The quantitative estimate of drug-likeness (QED) is 0.825. The van der Waals surface area contributed by atoms with E-state index in [0.29, 0.717) is 13.0 Å². The van der Waals surface area contributed by atoms with Crippen LogP contribution in [0.25, 0.3) is 0 Å². The second-order valence-corrected chi connectivity index (χ2v) is 7.65. The summed E-state index contributed by atoms with van der Waals surface area (Å²) in [5.74, 6) is 1.17. The van der Waals surface area contributed by atoms with Crippen LogP contribution in [-0.2, 0) is 24.2 Å². The Kier molecular flexibility index (Phi) is 5.09. The van der Waals surface area contributed by atoms with Crippen LogP contribution < -0.4 is 4.90 Å². The number of amides is 1. The Hall–Kier alpha value is -2.44. The average molecular weight is 368 g/mol. The maximum absolute atomic E-state index is 12.6. The van der Waals surface area contributed by atoms with E-state index in [0.717, 1.165) is 56.2 Å². The Morgan fingerprint density at radius 3 is 2.56 bits per heavy atom. The first kappa shape index (κ1) is 17.9. The summed E-state index contributed by atoms with van der Waals surface area (Å²) in [5, 5.41) is 13.3. The second-order valence-electron chi connectivity index (χ2n) is 7.65. The summed E-state index contributed by atoms with van der Waals surface area (Å²) in [6.07, 6.45) is 5.14. The van der Waals surface area contributed by atoms with Gasteiger partial charge >= 0.3 is 0 Å². The minimum atomic E-state index is 0.207. The molecule has 1 aliphatic carbocycles. The molecule has 27 heavy (non-hydrogen) atoms. The van der Waals surface area contributed by atoms with Crippen LogP contribution in [0.1, 0.15) is 41.9 Å². The lowest BCUT2D eigenvalue weighted by atomic mass is 9.97. The summed E-state index contributed by atoms with van der Waals surface area (Å²) in [6, 6.07) is 4.25. The topological polar surface area (TPSA) is 67.2 Å². The van der Waals surface area contributed by atoms with E-state index in [9.17, 15) is 4.79 Å². The summed E-state index contributed by atoms with van der Waals surface area (Å²) in [7, 11) is 0. The summed E-state index contributed by atoms with van der Waals surface area (Å²) in [4.78, 5) is 16.8. The van der Waals surface area contributed by atoms with Crippen molar-refractivity contribution in [3.05, 3.63) is 34.8 Å². The maximum Gasteiger partial charge on any atom is 0.224 e. The number of fused-ring (bicyclic) bond motifs is 1. The number of aryl methyl sites for hydroxylation is 5. The predicted octanol–water partition coefficient (Wildman–Crippen LogP) is 1.91. The van der Waals surface area contributed by atoms with Crippen molar-refractivity contribution < 1.29 is 4.79 Å². The number of hydrogen-bond acceptors (Lipinski definition) is 5. The van der Waals surface area contributed by atoms with E-state index in [4.69, 9.17) is 0 Å². The molecular weight excluding hydrogens is 340 g/mol. The zero-order valence-electron chi connectivity index (χ0n) is 16.3. The van der Waals surface area contributed by atoms with Crippen molar-refractivity contribution in [3.63, 3.8) is 0 Å². The molecule has 1 amide bonds. The smallest absolute Gasteiger partial charge is 0.224 e. The van der Waals surface area contributed by atoms with E-state index in [1.165, 1.54) is 24.1 Å². The van der Waals surface area contributed by atoms with Gasteiger partial charge in [-0.25, -0.2) is 0 Å². The van der Waals surface area contributed by atoms with Crippen LogP contribution in [0.3, 0.4) is 0 Å². The summed E-state index contributed by atoms with van der Waals surface area (Å²) in [6.45, 7) is 7.79. The van der Waals surface area contributed by atoms with E-state index in [-0.39, 0.29) is 5.91 Å². The highest BCUT2D eigenvalue weighted by atomic mass is 16.2. The Bertz CT molecular complexity index is 822. The van der Waals surface area contributed by atoms with Gasteiger partial charge in [0.15, 0.2) is 5.82 Å². The van der Waals surface area contributed by atoms with Gasteiger partial charge in [-0.15, -0.1) is 5.10 Å². The minimum absolute atomic E-state index is 0.207. The average Bonchev–Trinajstić information content (AvgIpc) is 3.03. The zero-order chi connectivity index (χ0) is 18.8. The first-order valence-corrected chi connectivity index (χ1v) is 9.99. The van der Waals surface area contributed by atoms with E-state index >= 15 is 0 Å². The monoisotopic (exact) mass is 368 g/mol. The minimum Gasteiger partial charge on any atom is -0.352 e. The van der Waals surface area contributed by atoms with Crippen molar-refractivity contribution in [2.75, 3.05) is 31.1 Å². The van der Waals surface area contributed by atoms with Crippen LogP contribution in [0.15, 0.2) is 12.1 Å². The van der Waals surface area contributed by atoms with Crippen molar-refractivity contribution in [1.82, 2.24) is 24.9 Å². The normalized spacial score (nSPS) is 17.1. The van der Waals surface area contributed by atoms with Gasteiger partial charge in [-0.2, -0.15) is 10.2 Å². The van der Waals surface area contributed by atoms with Crippen LogP contribution in [-0.4, -0.2) is 57.0 Å². The highest BCUT2D eigenvalue weighted by Gasteiger charge is 2.23. The fourth-order valence-electron chi connectivity index (χ4n) is 4.08. The van der Waals surface area contributed by atoms with Gasteiger partial charge in [0.25, 0.3) is 0 Å². The SMILES string of the molecule is Cc1cc(C)n(CCC(=O)N2CCN(c3cc4c(nn3)CCCC4)CC2)n1. The van der Waals surface area contributed by atoms with Crippen molar-refractivity contribution >= 4 is 11.7 Å². The van der Waals surface area contributed by atoms with Gasteiger partial charge in [0.2, 0.25) is 5.91 Å². The molecule has 1 fully saturated rings. The number of anilines is 1. The van der Waals surface area contributed by atoms with Gasteiger partial charge in [-0.3, -0.25) is 9.48 Å². The van der Waals surface area contributed by atoms with E-state index < -0.39 is 0 Å². The number of carbonyl (C=O) groups excluding carboxylic acids is 1. The molecule has 0 bridgehead atoms. The molecule has 2 aromatic heterocycles. The zero-order valence-corrected chi connectivity index (χ0v) is 16.3. The van der Waals surface area contributed by atoms with Crippen LogP contribution >= 0.6 is 0 Å². The van der Waals surface area contributed by atoms with Gasteiger partial charge in [-0.1, -0.05) is 0 Å². The van der Waals surface area contributed by atoms with Crippen LogP contribution in [0.2, 0.25) is 0 Å². The van der Waals surface area contributed by atoms with Gasteiger partial charge in [0, 0.05) is 44.8 Å². The molecule has 4 rings (SSSR count). The maximum atomic E-state index is 12.6. The fraction of sp³-hybridized carbons (Fsp3) is 0.600. The molecule has 0 saturated carbocycles. The number of hydrogen-bond donors (Lipinski definition) is 0. The largest absolute Gasteiger partial charge is 0.352 e. The van der Waals surface area contributed by atoms with Crippen LogP contribution in [0.5, 0.6) is 0 Å². The van der Waals surface area contributed by atoms with E-state index in [2.05, 4.69) is 26.3 Å².